The minimum atomic E-state index is -0.0534. The third kappa shape index (κ3) is 3.28. The second-order valence-corrected chi connectivity index (χ2v) is 3.69. The van der Waals surface area contributed by atoms with E-state index in [4.69, 9.17) is 0 Å². The molecule has 5 heteroatoms. The molecule has 2 aromatic rings. The largest absolute Gasteiger partial charge is 0.324 e. The fourth-order valence-corrected chi connectivity index (χ4v) is 1.36. The number of carbonyl (C=O) groups is 1. The number of nitrogens with zero attached hydrogens (tertiary/aromatic N) is 2. The van der Waals surface area contributed by atoms with Gasteiger partial charge >= 0.3 is 0 Å². The topological polar surface area (TPSA) is 66.9 Å². The minimum absolute atomic E-state index is 0.0534. The summed E-state index contributed by atoms with van der Waals surface area (Å²) in [5, 5.41) is 5.75. The first-order chi connectivity index (χ1) is 8.78. The summed E-state index contributed by atoms with van der Waals surface area (Å²) in [6.45, 7) is 1.79. The van der Waals surface area contributed by atoms with Crippen molar-refractivity contribution in [3.63, 3.8) is 0 Å². The summed E-state index contributed by atoms with van der Waals surface area (Å²) in [5.41, 5.74) is 1.52. The van der Waals surface area contributed by atoms with Crippen molar-refractivity contribution >= 4 is 23.2 Å². The molecule has 0 spiro atoms. The van der Waals surface area contributed by atoms with Crippen molar-refractivity contribution in [2.75, 3.05) is 10.6 Å². The van der Waals surface area contributed by atoms with Gasteiger partial charge in [0.1, 0.15) is 0 Å². The predicted molar refractivity (Wildman–Crippen MR) is 70.7 cm³/mol. The Morgan fingerprint density at radius 3 is 2.39 bits per heavy atom. The van der Waals surface area contributed by atoms with E-state index >= 15 is 0 Å². The summed E-state index contributed by atoms with van der Waals surface area (Å²) in [7, 11) is 0. The zero-order valence-corrected chi connectivity index (χ0v) is 10.1. The first kappa shape index (κ1) is 12.0. The van der Waals surface area contributed by atoms with Crippen molar-refractivity contribution in [1.82, 2.24) is 9.97 Å². The van der Waals surface area contributed by atoms with Crippen LogP contribution in [-0.4, -0.2) is 15.9 Å². The van der Waals surface area contributed by atoms with E-state index in [-0.39, 0.29) is 5.91 Å². The predicted octanol–water partition coefficient (Wildman–Crippen LogP) is 2.57. The van der Waals surface area contributed by atoms with Crippen LogP contribution in [0.5, 0.6) is 0 Å². The molecule has 0 atom stereocenters. The van der Waals surface area contributed by atoms with Gasteiger partial charge in [0.25, 0.3) is 0 Å². The molecule has 0 fully saturated rings. The van der Waals surface area contributed by atoms with Crippen LogP contribution >= 0.6 is 0 Å². The standard InChI is InChI=1S/C13H14N4O/c1-2-12(18)16-11-8-14-13(15-9-11)17-10-6-4-3-5-7-10/h3-9H,2H2,1H3,(H,16,18)(H,14,15,17). The number of carbonyl (C=O) groups excluding carboxylic acids is 1. The number of rotatable bonds is 4. The zero-order chi connectivity index (χ0) is 12.8. The van der Waals surface area contributed by atoms with Crippen LogP contribution in [0.3, 0.4) is 0 Å². The summed E-state index contributed by atoms with van der Waals surface area (Å²) < 4.78 is 0. The van der Waals surface area contributed by atoms with Gasteiger partial charge in [0.15, 0.2) is 0 Å². The van der Waals surface area contributed by atoms with Gasteiger partial charge in [0.05, 0.1) is 18.1 Å². The monoisotopic (exact) mass is 242 g/mol. The highest BCUT2D eigenvalue weighted by Crippen LogP contribution is 2.12. The van der Waals surface area contributed by atoms with E-state index in [0.29, 0.717) is 18.1 Å². The number of benzene rings is 1. The van der Waals surface area contributed by atoms with Crippen LogP contribution in [0, 0.1) is 0 Å². The van der Waals surface area contributed by atoms with Crippen molar-refractivity contribution in [1.29, 1.82) is 0 Å². The maximum absolute atomic E-state index is 11.2. The average Bonchev–Trinajstić information content (AvgIpc) is 2.42. The molecule has 1 aromatic carbocycles. The Morgan fingerprint density at radius 2 is 1.78 bits per heavy atom. The quantitative estimate of drug-likeness (QED) is 0.864. The fourth-order valence-electron chi connectivity index (χ4n) is 1.36. The van der Waals surface area contributed by atoms with Gasteiger partial charge in [-0.15, -0.1) is 0 Å². The molecule has 0 bridgehead atoms. The van der Waals surface area contributed by atoms with E-state index in [1.54, 1.807) is 19.3 Å². The molecule has 0 radical (unpaired) electrons. The van der Waals surface area contributed by atoms with E-state index in [1.807, 2.05) is 30.3 Å². The van der Waals surface area contributed by atoms with Gasteiger partial charge in [-0.1, -0.05) is 25.1 Å². The van der Waals surface area contributed by atoms with Crippen LogP contribution in [-0.2, 0) is 4.79 Å². The highest BCUT2D eigenvalue weighted by molar-refractivity contribution is 5.90. The molecule has 2 rings (SSSR count). The summed E-state index contributed by atoms with van der Waals surface area (Å²) in [6.07, 6.45) is 3.59. The van der Waals surface area contributed by atoms with Crippen LogP contribution in [0.25, 0.3) is 0 Å². The van der Waals surface area contributed by atoms with Crippen LogP contribution in [0.1, 0.15) is 13.3 Å². The Hall–Kier alpha value is -2.43. The van der Waals surface area contributed by atoms with Crippen LogP contribution in [0.15, 0.2) is 42.7 Å². The molecule has 0 unspecified atom stereocenters. The zero-order valence-electron chi connectivity index (χ0n) is 10.1. The molecule has 0 aliphatic rings. The van der Waals surface area contributed by atoms with Gasteiger partial charge in [-0.25, -0.2) is 9.97 Å². The average molecular weight is 242 g/mol. The molecule has 1 aromatic heterocycles. The number of amides is 1. The number of para-hydroxylation sites is 1. The number of anilines is 3. The van der Waals surface area contributed by atoms with E-state index in [0.717, 1.165) is 5.69 Å². The maximum atomic E-state index is 11.2. The molecule has 2 N–H and O–H groups in total. The Labute approximate surface area is 105 Å². The van der Waals surface area contributed by atoms with E-state index in [9.17, 15) is 4.79 Å². The SMILES string of the molecule is CCC(=O)Nc1cnc(Nc2ccccc2)nc1. The van der Waals surface area contributed by atoms with Gasteiger partial charge in [-0.2, -0.15) is 0 Å². The lowest BCUT2D eigenvalue weighted by atomic mass is 10.3. The molecule has 1 amide bonds. The molecule has 0 saturated carbocycles. The Morgan fingerprint density at radius 1 is 1.11 bits per heavy atom. The third-order valence-electron chi connectivity index (χ3n) is 2.29. The van der Waals surface area contributed by atoms with Crippen molar-refractivity contribution in [3.05, 3.63) is 42.7 Å². The number of nitrogens with one attached hydrogen (secondary N) is 2. The molecular formula is C13H14N4O. The highest BCUT2D eigenvalue weighted by Gasteiger charge is 2.01. The molecule has 0 aliphatic carbocycles. The van der Waals surface area contributed by atoms with Crippen molar-refractivity contribution in [2.45, 2.75) is 13.3 Å². The van der Waals surface area contributed by atoms with Crippen LogP contribution in [0.4, 0.5) is 17.3 Å². The van der Waals surface area contributed by atoms with Gasteiger partial charge in [0.2, 0.25) is 11.9 Å². The van der Waals surface area contributed by atoms with Crippen molar-refractivity contribution in [3.8, 4) is 0 Å². The lowest BCUT2D eigenvalue weighted by Crippen LogP contribution is -2.10. The maximum Gasteiger partial charge on any atom is 0.227 e. The Bertz CT molecular complexity index is 510. The lowest BCUT2D eigenvalue weighted by Gasteiger charge is -2.05. The van der Waals surface area contributed by atoms with Gasteiger partial charge in [-0.3, -0.25) is 4.79 Å². The lowest BCUT2D eigenvalue weighted by molar-refractivity contribution is -0.115. The smallest absolute Gasteiger partial charge is 0.227 e. The van der Waals surface area contributed by atoms with Gasteiger partial charge < -0.3 is 10.6 Å². The molecule has 5 nitrogen and oxygen atoms in total. The molecular weight excluding hydrogens is 228 g/mol. The summed E-state index contributed by atoms with van der Waals surface area (Å²) in [6, 6.07) is 9.65. The van der Waals surface area contributed by atoms with E-state index < -0.39 is 0 Å². The molecule has 0 aliphatic heterocycles. The van der Waals surface area contributed by atoms with Gasteiger partial charge in [-0.05, 0) is 12.1 Å². The van der Waals surface area contributed by atoms with Gasteiger partial charge in [0, 0.05) is 12.1 Å². The highest BCUT2D eigenvalue weighted by atomic mass is 16.1. The minimum Gasteiger partial charge on any atom is -0.324 e. The fraction of sp³-hybridized carbons (Fsp3) is 0.154. The number of hydrogen-bond acceptors (Lipinski definition) is 4. The number of aromatic nitrogens is 2. The van der Waals surface area contributed by atoms with E-state index in [2.05, 4.69) is 20.6 Å². The van der Waals surface area contributed by atoms with Crippen molar-refractivity contribution in [2.24, 2.45) is 0 Å². The summed E-state index contributed by atoms with van der Waals surface area (Å²) in [4.78, 5) is 19.4. The number of hydrogen-bond donors (Lipinski definition) is 2. The Balaban J connectivity index is 2.02. The van der Waals surface area contributed by atoms with Crippen LogP contribution in [0.2, 0.25) is 0 Å². The molecule has 1 heterocycles. The first-order valence-electron chi connectivity index (χ1n) is 5.72. The first-order valence-corrected chi connectivity index (χ1v) is 5.72. The third-order valence-corrected chi connectivity index (χ3v) is 2.29. The Kier molecular flexibility index (Phi) is 3.86. The molecule has 0 saturated heterocycles. The van der Waals surface area contributed by atoms with Crippen molar-refractivity contribution < 1.29 is 4.79 Å². The summed E-state index contributed by atoms with van der Waals surface area (Å²) in [5.74, 6) is 0.443. The second kappa shape index (κ2) is 5.77. The summed E-state index contributed by atoms with van der Waals surface area (Å²) >= 11 is 0. The second-order valence-electron chi connectivity index (χ2n) is 3.69. The normalized spacial score (nSPS) is 9.83. The van der Waals surface area contributed by atoms with E-state index in [1.165, 1.54) is 0 Å². The molecule has 18 heavy (non-hydrogen) atoms. The molecule has 92 valence electrons. The van der Waals surface area contributed by atoms with Crippen LogP contribution < -0.4 is 10.6 Å².